The third kappa shape index (κ3) is 5.26. The zero-order valence-corrected chi connectivity index (χ0v) is 11.8. The van der Waals surface area contributed by atoms with E-state index in [1.807, 2.05) is 26.0 Å². The molecule has 0 aromatic heterocycles. The first kappa shape index (κ1) is 14.8. The lowest BCUT2D eigenvalue weighted by Gasteiger charge is -2.21. The molecule has 4 heteroatoms. The van der Waals surface area contributed by atoms with Gasteiger partial charge in [-0.3, -0.25) is 0 Å². The molecule has 2 nitrogen and oxygen atoms in total. The van der Waals surface area contributed by atoms with Crippen molar-refractivity contribution < 1.29 is 5.11 Å². The lowest BCUT2D eigenvalue weighted by Crippen LogP contribution is -2.28. The van der Waals surface area contributed by atoms with Crippen molar-refractivity contribution in [1.82, 2.24) is 5.32 Å². The molecule has 0 bridgehead atoms. The second-order valence-electron chi connectivity index (χ2n) is 4.53. The van der Waals surface area contributed by atoms with Crippen LogP contribution in [0.3, 0.4) is 0 Å². The molecule has 0 aliphatic rings. The van der Waals surface area contributed by atoms with E-state index in [2.05, 4.69) is 5.32 Å². The van der Waals surface area contributed by atoms with Crippen LogP contribution in [0.1, 0.15) is 32.3 Å². The molecule has 0 heterocycles. The zero-order chi connectivity index (χ0) is 12.9. The van der Waals surface area contributed by atoms with Crippen molar-refractivity contribution >= 4 is 23.2 Å². The van der Waals surface area contributed by atoms with Crippen LogP contribution in [0.25, 0.3) is 0 Å². The third-order valence-electron chi connectivity index (χ3n) is 2.92. The minimum absolute atomic E-state index is 0.573. The van der Waals surface area contributed by atoms with Crippen LogP contribution < -0.4 is 5.32 Å². The summed E-state index contributed by atoms with van der Waals surface area (Å²) in [7, 11) is 0. The highest BCUT2D eigenvalue weighted by Gasteiger charge is 2.16. The first-order valence-corrected chi connectivity index (χ1v) is 6.57. The predicted molar refractivity (Wildman–Crippen MR) is 73.7 cm³/mol. The first-order valence-electron chi connectivity index (χ1n) is 5.81. The highest BCUT2D eigenvalue weighted by molar-refractivity contribution is 6.42. The summed E-state index contributed by atoms with van der Waals surface area (Å²) in [6.45, 7) is 5.35. The monoisotopic (exact) mass is 275 g/mol. The van der Waals surface area contributed by atoms with Crippen molar-refractivity contribution in [2.24, 2.45) is 0 Å². The van der Waals surface area contributed by atoms with Crippen molar-refractivity contribution in [3.05, 3.63) is 33.8 Å². The first-order chi connectivity index (χ1) is 7.94. The van der Waals surface area contributed by atoms with Gasteiger partial charge in [0.05, 0.1) is 15.6 Å². The van der Waals surface area contributed by atoms with Gasteiger partial charge in [0.15, 0.2) is 0 Å². The van der Waals surface area contributed by atoms with Crippen LogP contribution >= 0.6 is 23.2 Å². The average Bonchev–Trinajstić information content (AvgIpc) is 2.29. The predicted octanol–water partition coefficient (Wildman–Crippen LogP) is 3.63. The number of nitrogens with one attached hydrogen (secondary N) is 1. The Labute approximate surface area is 113 Å². The molecule has 0 aliphatic heterocycles. The van der Waals surface area contributed by atoms with Crippen molar-refractivity contribution in [3.8, 4) is 0 Å². The molecule has 0 saturated carbocycles. The summed E-state index contributed by atoms with van der Waals surface area (Å²) in [5, 5.41) is 14.2. The van der Waals surface area contributed by atoms with Gasteiger partial charge in [0.25, 0.3) is 0 Å². The van der Waals surface area contributed by atoms with E-state index < -0.39 is 5.60 Å². The van der Waals surface area contributed by atoms with Gasteiger partial charge in [-0.25, -0.2) is 0 Å². The van der Waals surface area contributed by atoms with Gasteiger partial charge in [-0.2, -0.15) is 0 Å². The van der Waals surface area contributed by atoms with E-state index in [1.165, 1.54) is 0 Å². The van der Waals surface area contributed by atoms with Crippen LogP contribution in [-0.2, 0) is 6.54 Å². The Morgan fingerprint density at radius 1 is 1.29 bits per heavy atom. The molecule has 0 spiro atoms. The lowest BCUT2D eigenvalue weighted by atomic mass is 9.99. The molecule has 0 saturated heterocycles. The fourth-order valence-corrected chi connectivity index (χ4v) is 1.74. The van der Waals surface area contributed by atoms with Gasteiger partial charge in [-0.1, -0.05) is 36.2 Å². The van der Waals surface area contributed by atoms with Gasteiger partial charge >= 0.3 is 0 Å². The number of rotatable bonds is 6. The Bertz CT molecular complexity index is 366. The Morgan fingerprint density at radius 3 is 2.59 bits per heavy atom. The largest absolute Gasteiger partial charge is 0.390 e. The molecule has 0 amide bonds. The van der Waals surface area contributed by atoms with E-state index >= 15 is 0 Å². The molecule has 1 aromatic carbocycles. The summed E-state index contributed by atoms with van der Waals surface area (Å²) in [4.78, 5) is 0. The molecule has 1 atom stereocenters. The van der Waals surface area contributed by atoms with Crippen LogP contribution in [0.15, 0.2) is 18.2 Å². The van der Waals surface area contributed by atoms with Crippen molar-refractivity contribution in [2.75, 3.05) is 6.54 Å². The SMILES string of the molecule is CCC(C)(O)CCNCc1ccc(Cl)c(Cl)c1. The summed E-state index contributed by atoms with van der Waals surface area (Å²) in [6, 6.07) is 5.59. The second kappa shape index (κ2) is 6.60. The van der Waals surface area contributed by atoms with Gasteiger partial charge < -0.3 is 10.4 Å². The maximum atomic E-state index is 9.82. The molecule has 0 radical (unpaired) electrons. The summed E-state index contributed by atoms with van der Waals surface area (Å²) < 4.78 is 0. The zero-order valence-electron chi connectivity index (χ0n) is 10.3. The summed E-state index contributed by atoms with van der Waals surface area (Å²) >= 11 is 11.8. The molecular formula is C13H19Cl2NO. The molecule has 1 rings (SSSR count). The molecule has 96 valence electrons. The Morgan fingerprint density at radius 2 is 2.00 bits per heavy atom. The number of aliphatic hydroxyl groups is 1. The van der Waals surface area contributed by atoms with E-state index in [4.69, 9.17) is 23.2 Å². The van der Waals surface area contributed by atoms with Crippen LogP contribution in [-0.4, -0.2) is 17.3 Å². The Hall–Kier alpha value is -0.280. The molecular weight excluding hydrogens is 257 g/mol. The topological polar surface area (TPSA) is 32.3 Å². The van der Waals surface area contributed by atoms with E-state index in [-0.39, 0.29) is 0 Å². The summed E-state index contributed by atoms with van der Waals surface area (Å²) in [5.74, 6) is 0. The maximum Gasteiger partial charge on any atom is 0.0629 e. The Kier molecular flexibility index (Phi) is 5.74. The summed E-state index contributed by atoms with van der Waals surface area (Å²) in [6.07, 6.45) is 1.51. The number of halogens is 2. The molecule has 0 aliphatic carbocycles. The molecule has 17 heavy (non-hydrogen) atoms. The Balaban J connectivity index is 2.34. The van der Waals surface area contributed by atoms with Crippen LogP contribution in [0.5, 0.6) is 0 Å². The molecule has 1 aromatic rings. The minimum atomic E-state index is -0.579. The normalized spacial score (nSPS) is 14.6. The maximum absolute atomic E-state index is 9.82. The van der Waals surface area contributed by atoms with E-state index in [9.17, 15) is 5.11 Å². The van der Waals surface area contributed by atoms with Gasteiger partial charge in [-0.15, -0.1) is 0 Å². The van der Waals surface area contributed by atoms with Crippen molar-refractivity contribution in [1.29, 1.82) is 0 Å². The highest BCUT2D eigenvalue weighted by Crippen LogP contribution is 2.22. The molecule has 1 unspecified atom stereocenters. The van der Waals surface area contributed by atoms with Crippen LogP contribution in [0.2, 0.25) is 10.0 Å². The smallest absolute Gasteiger partial charge is 0.0629 e. The van der Waals surface area contributed by atoms with E-state index in [1.54, 1.807) is 6.07 Å². The second-order valence-corrected chi connectivity index (χ2v) is 5.34. The van der Waals surface area contributed by atoms with Gasteiger partial charge in [-0.05, 0) is 44.0 Å². The molecule has 2 N–H and O–H groups in total. The third-order valence-corrected chi connectivity index (χ3v) is 3.65. The fourth-order valence-electron chi connectivity index (χ4n) is 1.42. The van der Waals surface area contributed by atoms with Crippen LogP contribution in [0, 0.1) is 0 Å². The van der Waals surface area contributed by atoms with E-state index in [0.29, 0.717) is 10.0 Å². The van der Waals surface area contributed by atoms with Gasteiger partial charge in [0, 0.05) is 6.54 Å². The van der Waals surface area contributed by atoms with Gasteiger partial charge in [0.1, 0.15) is 0 Å². The quantitative estimate of drug-likeness (QED) is 0.777. The summed E-state index contributed by atoms with van der Waals surface area (Å²) in [5.41, 5.74) is 0.514. The number of hydrogen-bond acceptors (Lipinski definition) is 2. The average molecular weight is 276 g/mol. The van der Waals surface area contributed by atoms with Crippen molar-refractivity contribution in [3.63, 3.8) is 0 Å². The number of benzene rings is 1. The standard InChI is InChI=1S/C13H19Cl2NO/c1-3-13(2,17)6-7-16-9-10-4-5-11(14)12(15)8-10/h4-5,8,16-17H,3,6-7,9H2,1-2H3. The highest BCUT2D eigenvalue weighted by atomic mass is 35.5. The lowest BCUT2D eigenvalue weighted by molar-refractivity contribution is 0.0472. The van der Waals surface area contributed by atoms with Crippen LogP contribution in [0.4, 0.5) is 0 Å². The fraction of sp³-hybridized carbons (Fsp3) is 0.538. The number of hydrogen-bond donors (Lipinski definition) is 2. The van der Waals surface area contributed by atoms with Gasteiger partial charge in [0.2, 0.25) is 0 Å². The van der Waals surface area contributed by atoms with Crippen molar-refractivity contribution in [2.45, 2.75) is 38.8 Å². The molecule has 0 fully saturated rings. The van der Waals surface area contributed by atoms with E-state index in [0.717, 1.165) is 31.5 Å². The minimum Gasteiger partial charge on any atom is -0.390 e.